The molecule has 1 aromatic heterocycles. The number of carbonyl (C=O) groups excluding carboxylic acids is 2. The van der Waals surface area contributed by atoms with Gasteiger partial charge in [-0.05, 0) is 76.5 Å². The van der Waals surface area contributed by atoms with Gasteiger partial charge in [0.1, 0.15) is 23.3 Å². The Morgan fingerprint density at radius 2 is 1.87 bits per heavy atom. The van der Waals surface area contributed by atoms with Gasteiger partial charge in [-0.2, -0.15) is 5.26 Å². The maximum Gasteiger partial charge on any atom is 0.410 e. The van der Waals surface area contributed by atoms with Gasteiger partial charge >= 0.3 is 6.09 Å². The number of anilines is 2. The molecular weight excluding hydrogens is 538 g/mol. The van der Waals surface area contributed by atoms with Crippen molar-refractivity contribution in [1.82, 2.24) is 9.88 Å². The summed E-state index contributed by atoms with van der Waals surface area (Å²) in [5.74, 6) is 0.376. The van der Waals surface area contributed by atoms with Crippen molar-refractivity contribution in [1.29, 1.82) is 5.26 Å². The van der Waals surface area contributed by atoms with Crippen molar-refractivity contribution in [3.63, 3.8) is 0 Å². The first-order valence-corrected chi connectivity index (χ1v) is 13.8. The molecule has 5 rings (SSSR count). The van der Waals surface area contributed by atoms with E-state index in [0.717, 1.165) is 6.42 Å². The third kappa shape index (κ3) is 5.13. The lowest BCUT2D eigenvalue weighted by Gasteiger charge is -2.42. The quantitative estimate of drug-likeness (QED) is 0.450. The predicted molar refractivity (Wildman–Crippen MR) is 151 cm³/mol. The number of ether oxygens (including phenoxy) is 2. The van der Waals surface area contributed by atoms with Crippen molar-refractivity contribution in [3.8, 4) is 11.9 Å². The topological polar surface area (TPSA) is 99.0 Å². The third-order valence-electron chi connectivity index (χ3n) is 7.28. The molecule has 0 atom stereocenters. The molecule has 1 spiro atoms. The van der Waals surface area contributed by atoms with E-state index in [0.29, 0.717) is 66.7 Å². The summed E-state index contributed by atoms with van der Waals surface area (Å²) in [5, 5.41) is 9.83. The van der Waals surface area contributed by atoms with Crippen LogP contribution in [0.25, 0.3) is 0 Å². The average Bonchev–Trinajstić information content (AvgIpc) is 3.10. The summed E-state index contributed by atoms with van der Waals surface area (Å²) in [5.41, 5.74) is 0.303. The van der Waals surface area contributed by atoms with Crippen molar-refractivity contribution in [2.75, 3.05) is 22.9 Å². The highest BCUT2D eigenvalue weighted by atomic mass is 35.5. The fraction of sp³-hybridized carbons (Fsp3) is 0.464. The van der Waals surface area contributed by atoms with Crippen LogP contribution in [0.3, 0.4) is 0 Å². The summed E-state index contributed by atoms with van der Waals surface area (Å²) in [4.78, 5) is 35.6. The highest BCUT2D eigenvalue weighted by Gasteiger charge is 2.59. The summed E-state index contributed by atoms with van der Waals surface area (Å²) >= 11 is 12.1. The SMILES string of the molecule is CC(C)(C)OC(=O)N1CCC(Oc2ccc(N3C(=S)N(c4ccc(C#N)c(Cl)c4)C(=O)C34CCC4)cn2)CC1. The van der Waals surface area contributed by atoms with E-state index >= 15 is 0 Å². The van der Waals surface area contributed by atoms with Crippen molar-refractivity contribution in [3.05, 3.63) is 47.1 Å². The maximum absolute atomic E-state index is 13.7. The van der Waals surface area contributed by atoms with Gasteiger partial charge in [0, 0.05) is 32.0 Å². The molecule has 2 amide bonds. The normalized spacial score (nSPS) is 19.2. The third-order valence-corrected chi connectivity index (χ3v) is 7.96. The first-order valence-electron chi connectivity index (χ1n) is 13.0. The van der Waals surface area contributed by atoms with Gasteiger partial charge in [0.15, 0.2) is 5.11 Å². The van der Waals surface area contributed by atoms with Gasteiger partial charge in [-0.1, -0.05) is 11.6 Å². The van der Waals surface area contributed by atoms with E-state index in [1.807, 2.05) is 37.8 Å². The lowest BCUT2D eigenvalue weighted by atomic mass is 9.75. The zero-order chi connectivity index (χ0) is 27.9. The lowest BCUT2D eigenvalue weighted by molar-refractivity contribution is -0.123. The number of amides is 2. The van der Waals surface area contributed by atoms with Gasteiger partial charge in [0.2, 0.25) is 5.88 Å². The van der Waals surface area contributed by atoms with Gasteiger partial charge in [-0.15, -0.1) is 0 Å². The molecular formula is C28H30ClN5O4S. The van der Waals surface area contributed by atoms with E-state index in [-0.39, 0.29) is 23.1 Å². The maximum atomic E-state index is 13.7. The number of benzene rings is 1. The number of nitriles is 1. The minimum Gasteiger partial charge on any atom is -0.474 e. The van der Waals surface area contributed by atoms with Crippen LogP contribution in [-0.4, -0.2) is 57.3 Å². The highest BCUT2D eigenvalue weighted by Crippen LogP contribution is 2.48. The molecule has 204 valence electrons. The Balaban J connectivity index is 1.27. The molecule has 9 nitrogen and oxygen atoms in total. The van der Waals surface area contributed by atoms with Crippen LogP contribution in [0.1, 0.15) is 58.4 Å². The van der Waals surface area contributed by atoms with E-state index in [9.17, 15) is 14.9 Å². The molecule has 1 aliphatic carbocycles. The van der Waals surface area contributed by atoms with E-state index in [2.05, 4.69) is 4.98 Å². The number of pyridine rings is 1. The van der Waals surface area contributed by atoms with E-state index in [4.69, 9.17) is 33.3 Å². The standard InChI is InChI=1S/C28H30ClN5O4S/c1-27(2,3)38-26(36)32-13-9-21(10-14-32)37-23-8-7-20(17-31-23)34-25(39)33(24(35)28(34)11-4-12-28)19-6-5-18(16-30)22(29)15-19/h5-8,15,17,21H,4,9-14H2,1-3H3. The number of thiocarbonyl (C=S) groups is 1. The molecule has 3 fully saturated rings. The fourth-order valence-corrected chi connectivity index (χ4v) is 5.86. The Morgan fingerprint density at radius 3 is 2.41 bits per heavy atom. The molecule has 2 aromatic rings. The summed E-state index contributed by atoms with van der Waals surface area (Å²) in [7, 11) is 0. The Morgan fingerprint density at radius 1 is 1.18 bits per heavy atom. The Bertz CT molecular complexity index is 1340. The molecule has 39 heavy (non-hydrogen) atoms. The molecule has 0 N–H and O–H groups in total. The number of aromatic nitrogens is 1. The van der Waals surface area contributed by atoms with Gasteiger partial charge in [-0.25, -0.2) is 9.78 Å². The van der Waals surface area contributed by atoms with Crippen LogP contribution in [0.5, 0.6) is 5.88 Å². The van der Waals surface area contributed by atoms with Crippen LogP contribution < -0.4 is 14.5 Å². The minimum absolute atomic E-state index is 0.0638. The number of likely N-dealkylation sites (tertiary alicyclic amines) is 1. The van der Waals surface area contributed by atoms with Gasteiger partial charge in [-0.3, -0.25) is 9.69 Å². The number of rotatable bonds is 4. The molecule has 0 unspecified atom stereocenters. The van der Waals surface area contributed by atoms with Crippen LogP contribution in [0.2, 0.25) is 5.02 Å². The van der Waals surface area contributed by atoms with Gasteiger partial charge in [0.25, 0.3) is 5.91 Å². The second-order valence-electron chi connectivity index (χ2n) is 11.1. The van der Waals surface area contributed by atoms with Crippen molar-refractivity contribution >= 4 is 52.3 Å². The number of halogens is 1. The van der Waals surface area contributed by atoms with Crippen molar-refractivity contribution in [2.24, 2.45) is 0 Å². The van der Waals surface area contributed by atoms with Gasteiger partial charge < -0.3 is 19.3 Å². The van der Waals surface area contributed by atoms with Crippen LogP contribution in [-0.2, 0) is 9.53 Å². The van der Waals surface area contributed by atoms with Crippen LogP contribution >= 0.6 is 23.8 Å². The molecule has 2 saturated heterocycles. The second-order valence-corrected chi connectivity index (χ2v) is 11.8. The number of piperidine rings is 1. The Kier molecular flexibility index (Phi) is 7.16. The molecule has 11 heteroatoms. The molecule has 2 aliphatic heterocycles. The Hall–Kier alpha value is -3.42. The number of hydrogen-bond acceptors (Lipinski definition) is 7. The average molecular weight is 568 g/mol. The molecule has 1 saturated carbocycles. The van der Waals surface area contributed by atoms with Crippen LogP contribution in [0, 0.1) is 11.3 Å². The smallest absolute Gasteiger partial charge is 0.410 e. The molecule has 3 heterocycles. The number of carbonyl (C=O) groups is 2. The van der Waals surface area contributed by atoms with E-state index in [1.54, 1.807) is 35.4 Å². The summed E-state index contributed by atoms with van der Waals surface area (Å²) < 4.78 is 11.6. The second kappa shape index (κ2) is 10.3. The zero-order valence-electron chi connectivity index (χ0n) is 22.1. The Labute approximate surface area is 238 Å². The molecule has 3 aliphatic rings. The van der Waals surface area contributed by atoms with E-state index in [1.165, 1.54) is 4.90 Å². The number of nitrogens with zero attached hydrogens (tertiary/aromatic N) is 5. The summed E-state index contributed by atoms with van der Waals surface area (Å²) in [6, 6.07) is 10.6. The first kappa shape index (κ1) is 27.2. The minimum atomic E-state index is -0.754. The molecule has 0 radical (unpaired) electrons. The monoisotopic (exact) mass is 567 g/mol. The highest BCUT2D eigenvalue weighted by molar-refractivity contribution is 7.81. The van der Waals surface area contributed by atoms with Crippen molar-refractivity contribution < 1.29 is 19.1 Å². The lowest BCUT2D eigenvalue weighted by Crippen LogP contribution is -2.55. The largest absolute Gasteiger partial charge is 0.474 e. The zero-order valence-corrected chi connectivity index (χ0v) is 23.7. The predicted octanol–water partition coefficient (Wildman–Crippen LogP) is 5.45. The van der Waals surface area contributed by atoms with Crippen LogP contribution in [0.15, 0.2) is 36.5 Å². The fourth-order valence-electron chi connectivity index (χ4n) is 5.17. The number of hydrogen-bond donors (Lipinski definition) is 0. The summed E-state index contributed by atoms with van der Waals surface area (Å²) in [6.45, 7) is 6.68. The van der Waals surface area contributed by atoms with Gasteiger partial charge in [0.05, 0.1) is 28.2 Å². The molecule has 0 bridgehead atoms. The van der Waals surface area contributed by atoms with E-state index < -0.39 is 11.1 Å². The van der Waals surface area contributed by atoms with Crippen LogP contribution in [0.4, 0.5) is 16.2 Å². The summed E-state index contributed by atoms with van der Waals surface area (Å²) in [6.07, 6.45) is 4.95. The first-order chi connectivity index (χ1) is 18.5. The molecule has 1 aromatic carbocycles. The van der Waals surface area contributed by atoms with Crippen molar-refractivity contribution in [2.45, 2.75) is 70.1 Å².